The van der Waals surface area contributed by atoms with Crippen LogP contribution in [0, 0.1) is 0 Å². The highest BCUT2D eigenvalue weighted by molar-refractivity contribution is 5.98. The highest BCUT2D eigenvalue weighted by Gasteiger charge is 2.26. The first-order chi connectivity index (χ1) is 11.7. The molecule has 0 unspecified atom stereocenters. The number of rotatable bonds is 3. The maximum absolute atomic E-state index is 12.8. The van der Waals surface area contributed by atoms with Gasteiger partial charge in [-0.25, -0.2) is 0 Å². The molecular formula is C18H20N4O2. The number of benzene rings is 1. The van der Waals surface area contributed by atoms with Gasteiger partial charge >= 0.3 is 0 Å². The van der Waals surface area contributed by atoms with E-state index < -0.39 is 0 Å². The van der Waals surface area contributed by atoms with Gasteiger partial charge in [0.25, 0.3) is 5.91 Å². The van der Waals surface area contributed by atoms with E-state index in [0.717, 1.165) is 42.6 Å². The summed E-state index contributed by atoms with van der Waals surface area (Å²) in [6, 6.07) is 9.69. The van der Waals surface area contributed by atoms with Crippen LogP contribution in [0.25, 0.3) is 10.9 Å². The Labute approximate surface area is 139 Å². The molecule has 1 saturated heterocycles. The molecule has 0 aliphatic carbocycles. The Kier molecular flexibility index (Phi) is 3.72. The van der Waals surface area contributed by atoms with Crippen LogP contribution in [-0.4, -0.2) is 46.2 Å². The van der Waals surface area contributed by atoms with E-state index in [1.807, 2.05) is 35.2 Å². The van der Waals surface area contributed by atoms with E-state index in [0.29, 0.717) is 11.6 Å². The Bertz CT molecular complexity index is 845. The van der Waals surface area contributed by atoms with E-state index in [1.165, 1.54) is 5.69 Å². The number of hydrogen-bond donors (Lipinski definition) is 2. The van der Waals surface area contributed by atoms with Crippen molar-refractivity contribution in [2.45, 2.75) is 18.8 Å². The third kappa shape index (κ3) is 2.64. The van der Waals surface area contributed by atoms with Gasteiger partial charge < -0.3 is 14.6 Å². The Morgan fingerprint density at radius 3 is 2.79 bits per heavy atom. The van der Waals surface area contributed by atoms with Gasteiger partial charge in [-0.15, -0.1) is 0 Å². The monoisotopic (exact) mass is 324 g/mol. The van der Waals surface area contributed by atoms with E-state index >= 15 is 0 Å². The normalized spacial score (nSPS) is 15.8. The van der Waals surface area contributed by atoms with E-state index in [-0.39, 0.29) is 5.91 Å². The molecule has 1 aromatic carbocycles. The fraction of sp³-hybridized carbons (Fsp3) is 0.333. The molecule has 124 valence electrons. The number of carbonyl (C=O) groups excluding carboxylic acids is 1. The molecule has 1 aliphatic rings. The van der Waals surface area contributed by atoms with Gasteiger partial charge in [0.2, 0.25) is 0 Å². The van der Waals surface area contributed by atoms with Crippen molar-refractivity contribution in [3.63, 3.8) is 0 Å². The standard InChI is InChI=1S/C18H20N4O2/c1-24-14-2-3-15-13(10-14)11-17(20-15)18(23)22-8-5-12(6-9-22)16-4-7-19-21-16/h2-4,7,10-12,20H,5-6,8-9H2,1H3,(H,19,21). The zero-order valence-corrected chi connectivity index (χ0v) is 13.6. The number of aromatic amines is 2. The molecule has 0 atom stereocenters. The van der Waals surface area contributed by atoms with Crippen molar-refractivity contribution in [3.8, 4) is 5.75 Å². The minimum Gasteiger partial charge on any atom is -0.497 e. The van der Waals surface area contributed by atoms with Gasteiger partial charge in [0.15, 0.2) is 0 Å². The fourth-order valence-corrected chi connectivity index (χ4v) is 3.41. The first-order valence-corrected chi connectivity index (χ1v) is 8.20. The van der Waals surface area contributed by atoms with Crippen LogP contribution in [0.15, 0.2) is 36.5 Å². The van der Waals surface area contributed by atoms with Crippen molar-refractivity contribution in [2.75, 3.05) is 20.2 Å². The second-order valence-electron chi connectivity index (χ2n) is 6.21. The van der Waals surface area contributed by atoms with Crippen molar-refractivity contribution in [3.05, 3.63) is 47.9 Å². The lowest BCUT2D eigenvalue weighted by molar-refractivity contribution is 0.0707. The molecule has 1 aliphatic heterocycles. The van der Waals surface area contributed by atoms with Crippen LogP contribution < -0.4 is 4.74 Å². The van der Waals surface area contributed by atoms with E-state index in [4.69, 9.17) is 4.74 Å². The molecule has 2 aromatic heterocycles. The molecule has 6 heteroatoms. The molecule has 0 saturated carbocycles. The summed E-state index contributed by atoms with van der Waals surface area (Å²) in [5.74, 6) is 1.32. The molecule has 24 heavy (non-hydrogen) atoms. The van der Waals surface area contributed by atoms with Gasteiger partial charge in [-0.05, 0) is 43.2 Å². The third-order valence-electron chi connectivity index (χ3n) is 4.80. The average Bonchev–Trinajstić information content (AvgIpc) is 3.30. The van der Waals surface area contributed by atoms with Crippen LogP contribution in [0.2, 0.25) is 0 Å². The Balaban J connectivity index is 1.48. The Morgan fingerprint density at radius 1 is 1.25 bits per heavy atom. The molecule has 3 aromatic rings. The lowest BCUT2D eigenvalue weighted by Gasteiger charge is -2.31. The molecule has 0 bridgehead atoms. The van der Waals surface area contributed by atoms with Crippen LogP contribution in [0.1, 0.15) is 34.9 Å². The number of nitrogens with zero attached hydrogens (tertiary/aromatic N) is 2. The molecular weight excluding hydrogens is 304 g/mol. The van der Waals surface area contributed by atoms with E-state index in [2.05, 4.69) is 15.2 Å². The summed E-state index contributed by atoms with van der Waals surface area (Å²) in [5.41, 5.74) is 2.75. The fourth-order valence-electron chi connectivity index (χ4n) is 3.41. The van der Waals surface area contributed by atoms with Crippen LogP contribution in [0.3, 0.4) is 0 Å². The lowest BCUT2D eigenvalue weighted by atomic mass is 9.93. The number of piperidine rings is 1. The van der Waals surface area contributed by atoms with Crippen molar-refractivity contribution in [2.24, 2.45) is 0 Å². The zero-order valence-electron chi connectivity index (χ0n) is 13.6. The van der Waals surface area contributed by atoms with Crippen molar-refractivity contribution < 1.29 is 9.53 Å². The summed E-state index contributed by atoms with van der Waals surface area (Å²) < 4.78 is 5.24. The van der Waals surface area contributed by atoms with Gasteiger partial charge in [0.05, 0.1) is 7.11 Å². The van der Waals surface area contributed by atoms with Gasteiger partial charge in [-0.2, -0.15) is 5.10 Å². The topological polar surface area (TPSA) is 74.0 Å². The number of likely N-dealkylation sites (tertiary alicyclic amines) is 1. The van der Waals surface area contributed by atoms with Crippen LogP contribution >= 0.6 is 0 Å². The van der Waals surface area contributed by atoms with Gasteiger partial charge in [-0.3, -0.25) is 9.89 Å². The zero-order chi connectivity index (χ0) is 16.5. The molecule has 1 amide bonds. The molecule has 4 rings (SSSR count). The maximum atomic E-state index is 12.8. The predicted molar refractivity (Wildman–Crippen MR) is 91.3 cm³/mol. The van der Waals surface area contributed by atoms with Gasteiger partial charge in [0, 0.05) is 41.8 Å². The van der Waals surface area contributed by atoms with E-state index in [1.54, 1.807) is 13.3 Å². The lowest BCUT2D eigenvalue weighted by Crippen LogP contribution is -2.38. The quantitative estimate of drug-likeness (QED) is 0.778. The smallest absolute Gasteiger partial charge is 0.270 e. The first-order valence-electron chi connectivity index (χ1n) is 8.20. The molecule has 1 fully saturated rings. The minimum atomic E-state index is 0.0632. The summed E-state index contributed by atoms with van der Waals surface area (Å²) in [6.07, 6.45) is 3.70. The Morgan fingerprint density at radius 2 is 2.08 bits per heavy atom. The number of nitrogens with one attached hydrogen (secondary N) is 2. The Hall–Kier alpha value is -2.76. The number of hydrogen-bond acceptors (Lipinski definition) is 3. The number of aromatic nitrogens is 3. The molecule has 3 heterocycles. The number of methoxy groups -OCH3 is 1. The third-order valence-corrected chi connectivity index (χ3v) is 4.80. The highest BCUT2D eigenvalue weighted by Crippen LogP contribution is 2.28. The number of ether oxygens (including phenoxy) is 1. The van der Waals surface area contributed by atoms with Gasteiger partial charge in [-0.1, -0.05) is 0 Å². The van der Waals surface area contributed by atoms with Gasteiger partial charge in [0.1, 0.15) is 11.4 Å². The largest absolute Gasteiger partial charge is 0.497 e. The maximum Gasteiger partial charge on any atom is 0.270 e. The van der Waals surface area contributed by atoms with E-state index in [9.17, 15) is 4.79 Å². The molecule has 6 nitrogen and oxygen atoms in total. The van der Waals surface area contributed by atoms with Crippen LogP contribution in [-0.2, 0) is 0 Å². The van der Waals surface area contributed by atoms with Crippen LogP contribution in [0.5, 0.6) is 5.75 Å². The summed E-state index contributed by atoms with van der Waals surface area (Å²) in [7, 11) is 1.64. The number of H-pyrrole nitrogens is 2. The second kappa shape index (κ2) is 6.03. The second-order valence-corrected chi connectivity index (χ2v) is 6.21. The van der Waals surface area contributed by atoms with Crippen molar-refractivity contribution >= 4 is 16.8 Å². The van der Waals surface area contributed by atoms with Crippen molar-refractivity contribution in [1.82, 2.24) is 20.1 Å². The first kappa shape index (κ1) is 14.8. The minimum absolute atomic E-state index is 0.0632. The SMILES string of the molecule is COc1ccc2[nH]c(C(=O)N3CCC(c4ccn[nH]4)CC3)cc2c1. The number of carbonyl (C=O) groups is 1. The van der Waals surface area contributed by atoms with Crippen LogP contribution in [0.4, 0.5) is 0 Å². The summed E-state index contributed by atoms with van der Waals surface area (Å²) >= 11 is 0. The average molecular weight is 324 g/mol. The summed E-state index contributed by atoms with van der Waals surface area (Å²) in [5, 5.41) is 8.05. The summed E-state index contributed by atoms with van der Waals surface area (Å²) in [6.45, 7) is 1.53. The molecule has 2 N–H and O–H groups in total. The van der Waals surface area contributed by atoms with Crippen molar-refractivity contribution in [1.29, 1.82) is 0 Å². The molecule has 0 radical (unpaired) electrons. The number of fused-ring (bicyclic) bond motifs is 1. The highest BCUT2D eigenvalue weighted by atomic mass is 16.5. The summed E-state index contributed by atoms with van der Waals surface area (Å²) in [4.78, 5) is 17.9. The predicted octanol–water partition coefficient (Wildman–Crippen LogP) is 2.92. The molecule has 0 spiro atoms. The number of amides is 1.